The monoisotopic (exact) mass is 237 g/mol. The van der Waals surface area contributed by atoms with Crippen LogP contribution in [0.25, 0.3) is 0 Å². The summed E-state index contributed by atoms with van der Waals surface area (Å²) in [6.45, 7) is 5.17. The van der Waals surface area contributed by atoms with Gasteiger partial charge in [0.25, 0.3) is 0 Å². The van der Waals surface area contributed by atoms with E-state index in [1.165, 1.54) is 12.8 Å². The summed E-state index contributed by atoms with van der Waals surface area (Å²) in [6.07, 6.45) is -0.183. The Bertz CT molecular complexity index is 211. The molecule has 1 aliphatic carbocycles. The highest BCUT2D eigenvalue weighted by Gasteiger charge is 2.33. The normalized spacial score (nSPS) is 24.9. The van der Waals surface area contributed by atoms with Crippen LogP contribution in [-0.4, -0.2) is 18.8 Å². The summed E-state index contributed by atoms with van der Waals surface area (Å²) in [6, 6.07) is 0.485. The third-order valence-corrected chi connectivity index (χ3v) is 3.54. The van der Waals surface area contributed by atoms with Crippen molar-refractivity contribution < 1.29 is 13.2 Å². The highest BCUT2D eigenvalue weighted by atomic mass is 19.4. The lowest BCUT2D eigenvalue weighted by Crippen LogP contribution is -2.38. The Morgan fingerprint density at radius 1 is 1.25 bits per heavy atom. The van der Waals surface area contributed by atoms with E-state index >= 15 is 0 Å². The molecule has 1 N–H and O–H groups in total. The maximum atomic E-state index is 11.9. The van der Waals surface area contributed by atoms with Crippen LogP contribution in [0.1, 0.15) is 52.4 Å². The van der Waals surface area contributed by atoms with Gasteiger partial charge in [-0.1, -0.05) is 20.3 Å². The van der Waals surface area contributed by atoms with Gasteiger partial charge in [-0.15, -0.1) is 0 Å². The highest BCUT2D eigenvalue weighted by molar-refractivity contribution is 4.89. The first-order valence-corrected chi connectivity index (χ1v) is 6.11. The molecule has 1 rings (SSSR count). The van der Waals surface area contributed by atoms with Crippen molar-refractivity contribution in [2.45, 2.75) is 64.6 Å². The van der Waals surface area contributed by atoms with E-state index in [0.29, 0.717) is 24.4 Å². The van der Waals surface area contributed by atoms with Crippen LogP contribution in [0, 0.1) is 5.41 Å². The molecule has 1 nitrogen and oxygen atoms in total. The number of hydrogen-bond acceptors (Lipinski definition) is 1. The van der Waals surface area contributed by atoms with Crippen LogP contribution in [-0.2, 0) is 0 Å². The molecule has 1 fully saturated rings. The van der Waals surface area contributed by atoms with E-state index in [1.54, 1.807) is 0 Å². The van der Waals surface area contributed by atoms with Gasteiger partial charge >= 0.3 is 6.18 Å². The smallest absolute Gasteiger partial charge is 0.313 e. The lowest BCUT2D eigenvalue weighted by Gasteiger charge is -2.28. The maximum absolute atomic E-state index is 11.9. The Kier molecular flexibility index (Phi) is 4.65. The van der Waals surface area contributed by atoms with E-state index in [-0.39, 0.29) is 6.42 Å². The number of nitrogens with one attached hydrogen (secondary N) is 1. The first-order valence-electron chi connectivity index (χ1n) is 6.11. The summed E-state index contributed by atoms with van der Waals surface area (Å²) >= 11 is 0. The maximum Gasteiger partial charge on any atom is 0.389 e. The predicted molar refractivity (Wildman–Crippen MR) is 59.3 cm³/mol. The Morgan fingerprint density at radius 3 is 2.44 bits per heavy atom. The van der Waals surface area contributed by atoms with Crippen LogP contribution in [0.3, 0.4) is 0 Å². The van der Waals surface area contributed by atoms with Gasteiger partial charge in [0.05, 0.1) is 0 Å². The minimum atomic E-state index is -3.99. The first-order chi connectivity index (χ1) is 7.31. The molecule has 16 heavy (non-hydrogen) atoms. The summed E-state index contributed by atoms with van der Waals surface area (Å²) in [5.74, 6) is 0. The summed E-state index contributed by atoms with van der Waals surface area (Å²) < 4.78 is 35.7. The molecule has 0 bridgehead atoms. The number of rotatable bonds is 5. The molecule has 0 aromatic carbocycles. The van der Waals surface area contributed by atoms with Crippen molar-refractivity contribution in [3.05, 3.63) is 0 Å². The van der Waals surface area contributed by atoms with Crippen molar-refractivity contribution in [2.75, 3.05) is 6.54 Å². The molecular formula is C12H22F3N. The average molecular weight is 237 g/mol. The minimum absolute atomic E-state index is 0.240. The lowest BCUT2D eigenvalue weighted by molar-refractivity contribution is -0.135. The molecule has 1 saturated carbocycles. The number of halogens is 3. The second-order valence-corrected chi connectivity index (χ2v) is 5.46. The zero-order valence-electron chi connectivity index (χ0n) is 10.2. The third kappa shape index (κ3) is 4.73. The van der Waals surface area contributed by atoms with Gasteiger partial charge in [0, 0.05) is 12.5 Å². The molecule has 0 amide bonds. The van der Waals surface area contributed by atoms with E-state index < -0.39 is 12.6 Å². The molecule has 0 spiro atoms. The van der Waals surface area contributed by atoms with E-state index in [0.717, 1.165) is 6.42 Å². The number of alkyl halides is 3. The fourth-order valence-corrected chi connectivity index (χ4v) is 2.43. The van der Waals surface area contributed by atoms with Gasteiger partial charge in [0.15, 0.2) is 0 Å². The van der Waals surface area contributed by atoms with Crippen LogP contribution in [0.5, 0.6) is 0 Å². The highest BCUT2D eigenvalue weighted by Crippen LogP contribution is 2.37. The van der Waals surface area contributed by atoms with Crippen LogP contribution >= 0.6 is 0 Å². The summed E-state index contributed by atoms with van der Waals surface area (Å²) in [5, 5.41) is 3.39. The molecule has 1 atom stereocenters. The molecular weight excluding hydrogens is 215 g/mol. The molecule has 0 saturated heterocycles. The lowest BCUT2D eigenvalue weighted by atomic mass is 9.87. The fourth-order valence-electron chi connectivity index (χ4n) is 2.43. The zero-order valence-corrected chi connectivity index (χ0v) is 10.2. The zero-order chi connectivity index (χ0) is 12.2. The van der Waals surface area contributed by atoms with Gasteiger partial charge in [-0.05, 0) is 37.6 Å². The van der Waals surface area contributed by atoms with Crippen molar-refractivity contribution in [3.63, 3.8) is 0 Å². The van der Waals surface area contributed by atoms with Gasteiger partial charge in [0.2, 0.25) is 0 Å². The second-order valence-electron chi connectivity index (χ2n) is 5.46. The summed E-state index contributed by atoms with van der Waals surface area (Å²) in [4.78, 5) is 0. The van der Waals surface area contributed by atoms with Gasteiger partial charge < -0.3 is 5.32 Å². The van der Waals surface area contributed by atoms with Crippen LogP contribution < -0.4 is 5.32 Å². The minimum Gasteiger partial charge on any atom is -0.313 e. The topological polar surface area (TPSA) is 12.0 Å². The predicted octanol–water partition coefficient (Wildman–Crippen LogP) is 3.89. The number of hydrogen-bond donors (Lipinski definition) is 1. The molecule has 0 aromatic heterocycles. The van der Waals surface area contributed by atoms with Gasteiger partial charge in [-0.3, -0.25) is 0 Å². The molecule has 96 valence electrons. The van der Waals surface area contributed by atoms with Crippen molar-refractivity contribution in [3.8, 4) is 0 Å². The first kappa shape index (κ1) is 13.8. The molecule has 0 heterocycles. The molecule has 1 unspecified atom stereocenters. The standard InChI is InChI=1S/C12H22F3N/c1-11(2)7-5-6-10(11)16-9-4-3-8-12(13,14)15/h10,16H,3-9H2,1-2H3. The second kappa shape index (κ2) is 5.39. The SMILES string of the molecule is CC1(C)CCCC1NCCCCC(F)(F)F. The van der Waals surface area contributed by atoms with Gasteiger partial charge in [-0.2, -0.15) is 13.2 Å². The van der Waals surface area contributed by atoms with Crippen LogP contribution in [0.4, 0.5) is 13.2 Å². The molecule has 0 radical (unpaired) electrons. The van der Waals surface area contributed by atoms with Crippen molar-refractivity contribution >= 4 is 0 Å². The summed E-state index contributed by atoms with van der Waals surface area (Å²) in [5.41, 5.74) is 0.310. The van der Waals surface area contributed by atoms with Gasteiger partial charge in [-0.25, -0.2) is 0 Å². The molecule has 0 aliphatic heterocycles. The van der Waals surface area contributed by atoms with E-state index in [9.17, 15) is 13.2 Å². The Morgan fingerprint density at radius 2 is 1.94 bits per heavy atom. The third-order valence-electron chi connectivity index (χ3n) is 3.54. The van der Waals surface area contributed by atoms with Crippen LogP contribution in [0.15, 0.2) is 0 Å². The van der Waals surface area contributed by atoms with Gasteiger partial charge in [0.1, 0.15) is 0 Å². The Balaban J connectivity index is 2.08. The quantitative estimate of drug-likeness (QED) is 0.715. The van der Waals surface area contributed by atoms with E-state index in [2.05, 4.69) is 19.2 Å². The average Bonchev–Trinajstić information content (AvgIpc) is 2.43. The van der Waals surface area contributed by atoms with Crippen LogP contribution in [0.2, 0.25) is 0 Å². The molecule has 4 heteroatoms. The largest absolute Gasteiger partial charge is 0.389 e. The summed E-state index contributed by atoms with van der Waals surface area (Å²) in [7, 11) is 0. The Labute approximate surface area is 95.8 Å². The van der Waals surface area contributed by atoms with Crippen molar-refractivity contribution in [1.82, 2.24) is 5.32 Å². The molecule has 1 aliphatic rings. The van der Waals surface area contributed by atoms with E-state index in [4.69, 9.17) is 0 Å². The van der Waals surface area contributed by atoms with Crippen molar-refractivity contribution in [2.24, 2.45) is 5.41 Å². The molecule has 0 aromatic rings. The fraction of sp³-hybridized carbons (Fsp3) is 1.00. The number of unbranched alkanes of at least 4 members (excludes halogenated alkanes) is 1. The Hall–Kier alpha value is -0.250. The van der Waals surface area contributed by atoms with E-state index in [1.807, 2.05) is 0 Å². The van der Waals surface area contributed by atoms with Crippen molar-refractivity contribution in [1.29, 1.82) is 0 Å².